The van der Waals surface area contributed by atoms with Gasteiger partial charge < -0.3 is 14.9 Å². The van der Waals surface area contributed by atoms with E-state index in [9.17, 15) is 5.11 Å². The molecule has 2 N–H and O–H groups in total. The van der Waals surface area contributed by atoms with E-state index in [4.69, 9.17) is 9.84 Å². The molecule has 0 bridgehead atoms. The quantitative estimate of drug-likeness (QED) is 0.774. The molecule has 2 atom stereocenters. The summed E-state index contributed by atoms with van der Waals surface area (Å²) in [5.74, 6) is 0.889. The Labute approximate surface area is 133 Å². The lowest BCUT2D eigenvalue weighted by Gasteiger charge is -2.27. The fourth-order valence-electron chi connectivity index (χ4n) is 3.32. The number of aliphatic hydroxyl groups excluding tert-OH is 2. The predicted octanol–water partition coefficient (Wildman–Crippen LogP) is 2.28. The number of para-hydroxylation sites is 1. The summed E-state index contributed by atoms with van der Waals surface area (Å²) in [6.45, 7) is 6.33. The van der Waals surface area contributed by atoms with Gasteiger partial charge in [0.2, 0.25) is 0 Å². The summed E-state index contributed by atoms with van der Waals surface area (Å²) in [5.41, 5.74) is 2.21. The molecule has 4 nitrogen and oxygen atoms in total. The monoisotopic (exact) mass is 307 g/mol. The first-order valence-corrected chi connectivity index (χ1v) is 8.33. The fourth-order valence-corrected chi connectivity index (χ4v) is 3.32. The second-order valence-electron chi connectivity index (χ2n) is 6.34. The number of β-amino-alcohol motifs (C(OH)–C–C–N with tert-alkyl or cyclic N) is 1. The summed E-state index contributed by atoms with van der Waals surface area (Å²) in [6.07, 6.45) is 3.73. The Morgan fingerprint density at radius 3 is 2.73 bits per heavy atom. The molecule has 0 amide bonds. The second kappa shape index (κ2) is 8.51. The number of rotatable bonds is 8. The van der Waals surface area contributed by atoms with Gasteiger partial charge in [0.05, 0.1) is 0 Å². The van der Waals surface area contributed by atoms with Crippen LogP contribution < -0.4 is 4.74 Å². The normalized spacial score (nSPS) is 20.3. The van der Waals surface area contributed by atoms with Gasteiger partial charge in [-0.3, -0.25) is 4.90 Å². The highest BCUT2D eigenvalue weighted by Crippen LogP contribution is 2.24. The highest BCUT2D eigenvalue weighted by atomic mass is 16.5. The zero-order valence-corrected chi connectivity index (χ0v) is 13.8. The zero-order chi connectivity index (χ0) is 15.9. The minimum absolute atomic E-state index is 0.253. The molecule has 2 unspecified atom stereocenters. The van der Waals surface area contributed by atoms with Gasteiger partial charge >= 0.3 is 0 Å². The number of nitrogens with zero attached hydrogens (tertiary/aromatic N) is 1. The summed E-state index contributed by atoms with van der Waals surface area (Å²) in [7, 11) is 0. The smallest absolute Gasteiger partial charge is 0.125 e. The molecule has 1 aromatic carbocycles. The van der Waals surface area contributed by atoms with E-state index in [-0.39, 0.29) is 6.61 Å². The molecule has 2 rings (SSSR count). The maximum Gasteiger partial charge on any atom is 0.125 e. The molecular formula is C18H29NO3. The van der Waals surface area contributed by atoms with Crippen LogP contribution in [-0.2, 0) is 0 Å². The van der Waals surface area contributed by atoms with Gasteiger partial charge in [-0.15, -0.1) is 0 Å². The second-order valence-corrected chi connectivity index (χ2v) is 6.34. The first-order valence-electron chi connectivity index (χ1n) is 8.33. The minimum Gasteiger partial charge on any atom is -0.490 e. The van der Waals surface area contributed by atoms with Crippen molar-refractivity contribution in [3.05, 3.63) is 29.3 Å². The summed E-state index contributed by atoms with van der Waals surface area (Å²) in [5, 5.41) is 19.2. The maximum atomic E-state index is 10.3. The van der Waals surface area contributed by atoms with Crippen LogP contribution in [-0.4, -0.2) is 53.6 Å². The standard InChI is InChI=1S/C18H29NO3/c1-14-6-3-7-15(2)18(14)22-13-17(21)12-19-10-4-8-16(19)9-5-11-20/h3,6-7,16-17,20-21H,4-5,8-13H2,1-2H3. The lowest BCUT2D eigenvalue weighted by molar-refractivity contribution is 0.0613. The molecule has 0 spiro atoms. The van der Waals surface area contributed by atoms with Crippen LogP contribution in [0.4, 0.5) is 0 Å². The van der Waals surface area contributed by atoms with Crippen LogP contribution in [0.3, 0.4) is 0 Å². The minimum atomic E-state index is -0.478. The van der Waals surface area contributed by atoms with Crippen molar-refractivity contribution in [1.29, 1.82) is 0 Å². The lowest BCUT2D eigenvalue weighted by atomic mass is 10.1. The molecular weight excluding hydrogens is 278 g/mol. The molecule has 0 aromatic heterocycles. The third-order valence-electron chi connectivity index (χ3n) is 4.47. The number of aryl methyl sites for hydroxylation is 2. The van der Waals surface area contributed by atoms with E-state index in [0.29, 0.717) is 19.2 Å². The van der Waals surface area contributed by atoms with Crippen molar-refractivity contribution in [3.8, 4) is 5.75 Å². The topological polar surface area (TPSA) is 52.9 Å². The fraction of sp³-hybridized carbons (Fsp3) is 0.667. The molecule has 1 saturated heterocycles. The number of likely N-dealkylation sites (tertiary alicyclic amines) is 1. The molecule has 1 fully saturated rings. The number of hydrogen-bond donors (Lipinski definition) is 2. The molecule has 0 saturated carbocycles. The van der Waals surface area contributed by atoms with Crippen LogP contribution >= 0.6 is 0 Å². The largest absolute Gasteiger partial charge is 0.490 e. The Hall–Kier alpha value is -1.10. The molecule has 22 heavy (non-hydrogen) atoms. The summed E-state index contributed by atoms with van der Waals surface area (Å²) in [6, 6.07) is 6.58. The van der Waals surface area contributed by atoms with Crippen LogP contribution in [0.5, 0.6) is 5.75 Å². The van der Waals surface area contributed by atoms with Crippen molar-refractivity contribution in [2.75, 3.05) is 26.3 Å². The van der Waals surface area contributed by atoms with Gasteiger partial charge in [-0.2, -0.15) is 0 Å². The molecule has 4 heteroatoms. The van der Waals surface area contributed by atoms with E-state index in [1.165, 1.54) is 12.8 Å². The average molecular weight is 307 g/mol. The molecule has 0 aliphatic carbocycles. The van der Waals surface area contributed by atoms with E-state index in [1.807, 2.05) is 32.0 Å². The predicted molar refractivity (Wildman–Crippen MR) is 88.3 cm³/mol. The molecule has 1 aromatic rings. The molecule has 1 aliphatic heterocycles. The SMILES string of the molecule is Cc1cccc(C)c1OCC(O)CN1CCCC1CCCO. The van der Waals surface area contributed by atoms with Crippen LogP contribution in [0.1, 0.15) is 36.8 Å². The first-order chi connectivity index (χ1) is 10.6. The molecule has 124 valence electrons. The Morgan fingerprint density at radius 2 is 2.05 bits per heavy atom. The van der Waals surface area contributed by atoms with E-state index in [2.05, 4.69) is 4.90 Å². The van der Waals surface area contributed by atoms with E-state index < -0.39 is 6.10 Å². The van der Waals surface area contributed by atoms with Gasteiger partial charge in [-0.25, -0.2) is 0 Å². The average Bonchev–Trinajstić information content (AvgIpc) is 2.91. The zero-order valence-electron chi connectivity index (χ0n) is 13.8. The van der Waals surface area contributed by atoms with Crippen molar-refractivity contribution < 1.29 is 14.9 Å². The number of hydrogen-bond acceptors (Lipinski definition) is 4. The van der Waals surface area contributed by atoms with Crippen molar-refractivity contribution >= 4 is 0 Å². The Kier molecular flexibility index (Phi) is 6.68. The van der Waals surface area contributed by atoms with Gasteiger partial charge in [-0.05, 0) is 57.2 Å². The number of aliphatic hydroxyl groups is 2. The molecule has 1 heterocycles. The van der Waals surface area contributed by atoms with Gasteiger partial charge in [-0.1, -0.05) is 18.2 Å². The van der Waals surface area contributed by atoms with Crippen LogP contribution in [0.2, 0.25) is 0 Å². The first kappa shape index (κ1) is 17.3. The van der Waals surface area contributed by atoms with E-state index in [1.54, 1.807) is 0 Å². The third-order valence-corrected chi connectivity index (χ3v) is 4.47. The third kappa shape index (κ3) is 4.70. The van der Waals surface area contributed by atoms with Crippen molar-refractivity contribution in [2.45, 2.75) is 51.7 Å². The summed E-state index contributed by atoms with van der Waals surface area (Å²) < 4.78 is 5.84. The number of ether oxygens (including phenoxy) is 1. The summed E-state index contributed by atoms with van der Waals surface area (Å²) in [4.78, 5) is 2.34. The number of benzene rings is 1. The highest BCUT2D eigenvalue weighted by molar-refractivity contribution is 5.39. The van der Waals surface area contributed by atoms with Crippen LogP contribution in [0.15, 0.2) is 18.2 Å². The van der Waals surface area contributed by atoms with Crippen molar-refractivity contribution in [1.82, 2.24) is 4.90 Å². The van der Waals surface area contributed by atoms with E-state index >= 15 is 0 Å². The van der Waals surface area contributed by atoms with Gasteiger partial charge in [0.15, 0.2) is 0 Å². The Balaban J connectivity index is 1.81. The van der Waals surface area contributed by atoms with Crippen molar-refractivity contribution in [2.24, 2.45) is 0 Å². The molecule has 0 radical (unpaired) electrons. The van der Waals surface area contributed by atoms with Crippen molar-refractivity contribution in [3.63, 3.8) is 0 Å². The van der Waals surface area contributed by atoms with Crippen LogP contribution in [0, 0.1) is 13.8 Å². The Bertz CT molecular complexity index is 443. The Morgan fingerprint density at radius 1 is 1.32 bits per heavy atom. The van der Waals surface area contributed by atoms with Gasteiger partial charge in [0, 0.05) is 19.2 Å². The van der Waals surface area contributed by atoms with Crippen LogP contribution in [0.25, 0.3) is 0 Å². The highest BCUT2D eigenvalue weighted by Gasteiger charge is 2.25. The van der Waals surface area contributed by atoms with Gasteiger partial charge in [0.25, 0.3) is 0 Å². The molecule has 1 aliphatic rings. The lowest BCUT2D eigenvalue weighted by Crippen LogP contribution is -2.38. The van der Waals surface area contributed by atoms with E-state index in [0.717, 1.165) is 36.3 Å². The maximum absolute atomic E-state index is 10.3. The van der Waals surface area contributed by atoms with Gasteiger partial charge in [0.1, 0.15) is 18.5 Å². The summed E-state index contributed by atoms with van der Waals surface area (Å²) >= 11 is 0.